The fourth-order valence-corrected chi connectivity index (χ4v) is 1.67. The number of aromatic amines is 2. The number of nitro groups is 1. The molecule has 0 amide bonds. The molecule has 7 nitrogen and oxygen atoms in total. The number of rotatable bonds is 3. The van der Waals surface area contributed by atoms with E-state index in [4.69, 9.17) is 0 Å². The van der Waals surface area contributed by atoms with Crippen LogP contribution >= 0.6 is 0 Å². The maximum atomic E-state index is 11.6. The van der Waals surface area contributed by atoms with E-state index >= 15 is 0 Å². The molecule has 0 fully saturated rings. The molecule has 0 aliphatic heterocycles. The van der Waals surface area contributed by atoms with E-state index < -0.39 is 10.5 Å². The standard InChI is InChI=1S/C11H9N3O4/c1-6(15)10-9(11(16)13-12-10)7-3-2-4-8(5-7)14(17)18/h2-5H,1H3,(H2,12,13,16). The van der Waals surface area contributed by atoms with Gasteiger partial charge in [0.2, 0.25) is 0 Å². The van der Waals surface area contributed by atoms with Crippen LogP contribution in [0, 0.1) is 10.1 Å². The van der Waals surface area contributed by atoms with Gasteiger partial charge in [-0.05, 0) is 5.56 Å². The number of non-ortho nitro benzene ring substituents is 1. The third kappa shape index (κ3) is 1.93. The van der Waals surface area contributed by atoms with Gasteiger partial charge in [-0.2, -0.15) is 0 Å². The van der Waals surface area contributed by atoms with Crippen molar-refractivity contribution in [3.63, 3.8) is 0 Å². The molecule has 2 N–H and O–H groups in total. The highest BCUT2D eigenvalue weighted by Gasteiger charge is 2.17. The highest BCUT2D eigenvalue weighted by atomic mass is 16.6. The Balaban J connectivity index is 2.65. The summed E-state index contributed by atoms with van der Waals surface area (Å²) in [5.74, 6) is -0.324. The topological polar surface area (TPSA) is 109 Å². The predicted molar refractivity (Wildman–Crippen MR) is 63.5 cm³/mol. The number of nitrogens with one attached hydrogen (secondary N) is 2. The summed E-state index contributed by atoms with van der Waals surface area (Å²) >= 11 is 0. The van der Waals surface area contributed by atoms with Crippen LogP contribution in [0.4, 0.5) is 5.69 Å². The number of H-pyrrole nitrogens is 2. The van der Waals surface area contributed by atoms with Crippen molar-refractivity contribution in [3.8, 4) is 11.1 Å². The van der Waals surface area contributed by atoms with Gasteiger partial charge in [0.1, 0.15) is 5.69 Å². The van der Waals surface area contributed by atoms with Gasteiger partial charge in [-0.3, -0.25) is 29.9 Å². The van der Waals surface area contributed by atoms with E-state index in [0.29, 0.717) is 5.56 Å². The molecule has 0 aliphatic rings. The summed E-state index contributed by atoms with van der Waals surface area (Å²) in [6.07, 6.45) is 0. The summed E-state index contributed by atoms with van der Waals surface area (Å²) in [7, 11) is 0. The Labute approximate surface area is 101 Å². The summed E-state index contributed by atoms with van der Waals surface area (Å²) in [4.78, 5) is 33.1. The van der Waals surface area contributed by atoms with E-state index in [9.17, 15) is 19.7 Å². The van der Waals surface area contributed by atoms with Crippen LogP contribution in [0.15, 0.2) is 29.1 Å². The number of Topliss-reactive ketones (excluding diaryl/α,β-unsaturated/α-hetero) is 1. The Hall–Kier alpha value is -2.70. The third-order valence-corrected chi connectivity index (χ3v) is 2.48. The number of aromatic nitrogens is 2. The van der Waals surface area contributed by atoms with Crippen molar-refractivity contribution < 1.29 is 9.72 Å². The average molecular weight is 247 g/mol. The number of nitro benzene ring substituents is 1. The summed E-state index contributed by atoms with van der Waals surface area (Å²) in [6.45, 7) is 1.31. The van der Waals surface area contributed by atoms with Gasteiger partial charge >= 0.3 is 0 Å². The number of carbonyl (C=O) groups is 1. The molecule has 0 saturated carbocycles. The van der Waals surface area contributed by atoms with E-state index in [1.165, 1.54) is 31.2 Å². The second kappa shape index (κ2) is 4.28. The molecule has 0 saturated heterocycles. The van der Waals surface area contributed by atoms with Crippen molar-refractivity contribution in [2.45, 2.75) is 6.92 Å². The Bertz CT molecular complexity index is 684. The molecular formula is C11H9N3O4. The lowest BCUT2D eigenvalue weighted by Gasteiger charge is -1.99. The van der Waals surface area contributed by atoms with Crippen molar-refractivity contribution in [1.82, 2.24) is 10.2 Å². The zero-order valence-corrected chi connectivity index (χ0v) is 9.39. The van der Waals surface area contributed by atoms with Gasteiger partial charge in [-0.25, -0.2) is 0 Å². The first-order chi connectivity index (χ1) is 8.50. The summed E-state index contributed by atoms with van der Waals surface area (Å²) in [5, 5.41) is 15.4. The van der Waals surface area contributed by atoms with Gasteiger partial charge in [0, 0.05) is 19.1 Å². The monoisotopic (exact) mass is 247 g/mol. The van der Waals surface area contributed by atoms with Crippen molar-refractivity contribution in [2.75, 3.05) is 0 Å². The van der Waals surface area contributed by atoms with Crippen molar-refractivity contribution in [3.05, 3.63) is 50.4 Å². The Morgan fingerprint density at radius 1 is 1.33 bits per heavy atom. The molecule has 1 heterocycles. The average Bonchev–Trinajstić information content (AvgIpc) is 2.71. The minimum Gasteiger partial charge on any atom is -0.294 e. The second-order valence-corrected chi connectivity index (χ2v) is 3.69. The predicted octanol–water partition coefficient (Wildman–Crippen LogP) is 1.48. The van der Waals surface area contributed by atoms with Crippen LogP contribution in [-0.2, 0) is 0 Å². The molecule has 7 heteroatoms. The van der Waals surface area contributed by atoms with E-state index in [0.717, 1.165) is 0 Å². The van der Waals surface area contributed by atoms with Gasteiger partial charge in [0.15, 0.2) is 5.78 Å². The van der Waals surface area contributed by atoms with Gasteiger partial charge in [0.25, 0.3) is 11.2 Å². The molecule has 0 radical (unpaired) electrons. The van der Waals surface area contributed by atoms with Crippen molar-refractivity contribution in [1.29, 1.82) is 0 Å². The lowest BCUT2D eigenvalue weighted by molar-refractivity contribution is -0.384. The molecule has 2 aromatic rings. The number of hydrogen-bond donors (Lipinski definition) is 2. The molecule has 0 spiro atoms. The number of nitrogens with zero attached hydrogens (tertiary/aromatic N) is 1. The van der Waals surface area contributed by atoms with Crippen LogP contribution in [-0.4, -0.2) is 20.9 Å². The lowest BCUT2D eigenvalue weighted by Crippen LogP contribution is -2.04. The summed E-state index contributed by atoms with van der Waals surface area (Å²) in [5.41, 5.74) is -0.0631. The van der Waals surface area contributed by atoms with Crippen LogP contribution in [0.2, 0.25) is 0 Å². The molecule has 2 rings (SSSR count). The van der Waals surface area contributed by atoms with Crippen LogP contribution in [0.3, 0.4) is 0 Å². The first kappa shape index (κ1) is 11.8. The first-order valence-corrected chi connectivity index (χ1v) is 5.07. The molecule has 1 aromatic heterocycles. The fraction of sp³-hybridized carbons (Fsp3) is 0.0909. The summed E-state index contributed by atoms with van der Waals surface area (Å²) < 4.78 is 0. The normalized spacial score (nSPS) is 10.3. The molecule has 0 aliphatic carbocycles. The van der Waals surface area contributed by atoms with Gasteiger partial charge in [0.05, 0.1) is 10.5 Å². The lowest BCUT2D eigenvalue weighted by atomic mass is 10.0. The molecule has 92 valence electrons. The van der Waals surface area contributed by atoms with E-state index in [2.05, 4.69) is 10.2 Å². The van der Waals surface area contributed by atoms with Gasteiger partial charge in [-0.1, -0.05) is 12.1 Å². The van der Waals surface area contributed by atoms with Crippen LogP contribution in [0.25, 0.3) is 11.1 Å². The SMILES string of the molecule is CC(=O)c1[nH][nH]c(=O)c1-c1cccc([N+](=O)[O-])c1. The van der Waals surface area contributed by atoms with Crippen LogP contribution < -0.4 is 5.56 Å². The Kier molecular flexibility index (Phi) is 2.80. The Morgan fingerprint density at radius 3 is 2.67 bits per heavy atom. The number of hydrogen-bond acceptors (Lipinski definition) is 4. The van der Waals surface area contributed by atoms with Crippen molar-refractivity contribution >= 4 is 11.5 Å². The zero-order chi connectivity index (χ0) is 13.3. The molecular weight excluding hydrogens is 238 g/mol. The van der Waals surface area contributed by atoms with Crippen LogP contribution in [0.1, 0.15) is 17.4 Å². The highest BCUT2D eigenvalue weighted by Crippen LogP contribution is 2.23. The quantitative estimate of drug-likeness (QED) is 0.486. The number of ketones is 1. The molecule has 0 unspecified atom stereocenters. The van der Waals surface area contributed by atoms with Crippen molar-refractivity contribution in [2.24, 2.45) is 0 Å². The molecule has 0 bridgehead atoms. The third-order valence-electron chi connectivity index (χ3n) is 2.48. The van der Waals surface area contributed by atoms with Gasteiger partial charge in [-0.15, -0.1) is 0 Å². The summed E-state index contributed by atoms with van der Waals surface area (Å²) in [6, 6.07) is 5.57. The molecule has 0 atom stereocenters. The smallest absolute Gasteiger partial charge is 0.272 e. The minimum absolute atomic E-state index is 0.112. The van der Waals surface area contributed by atoms with Crippen LogP contribution in [0.5, 0.6) is 0 Å². The second-order valence-electron chi connectivity index (χ2n) is 3.69. The first-order valence-electron chi connectivity index (χ1n) is 5.07. The highest BCUT2D eigenvalue weighted by molar-refractivity contribution is 5.98. The number of benzene rings is 1. The maximum Gasteiger partial charge on any atom is 0.272 e. The largest absolute Gasteiger partial charge is 0.294 e. The van der Waals surface area contributed by atoms with E-state index in [1.54, 1.807) is 0 Å². The molecule has 1 aromatic carbocycles. The Morgan fingerprint density at radius 2 is 2.06 bits per heavy atom. The molecule has 18 heavy (non-hydrogen) atoms. The van der Waals surface area contributed by atoms with Gasteiger partial charge < -0.3 is 0 Å². The minimum atomic E-state index is -0.558. The fourth-order valence-electron chi connectivity index (χ4n) is 1.67. The maximum absolute atomic E-state index is 11.6. The zero-order valence-electron chi connectivity index (χ0n) is 9.39. The van der Waals surface area contributed by atoms with E-state index in [1.807, 2.05) is 0 Å². The number of carbonyl (C=O) groups excluding carboxylic acids is 1. The van der Waals surface area contributed by atoms with E-state index in [-0.39, 0.29) is 22.7 Å².